The number of thiophene rings is 1. The van der Waals surface area contributed by atoms with Gasteiger partial charge in [0.2, 0.25) is 0 Å². The predicted molar refractivity (Wildman–Crippen MR) is 166 cm³/mol. The van der Waals surface area contributed by atoms with Crippen molar-refractivity contribution in [2.75, 3.05) is 0 Å². The van der Waals surface area contributed by atoms with Gasteiger partial charge in [0, 0.05) is 31.3 Å². The number of fused-ring (bicyclic) bond motifs is 7. The van der Waals surface area contributed by atoms with E-state index in [0.29, 0.717) is 0 Å². The van der Waals surface area contributed by atoms with Crippen molar-refractivity contribution < 1.29 is 0 Å². The first kappa shape index (κ1) is 22.6. The SMILES string of the molecule is C=Cc1c(/C=C\C)sc2c(-c3cccc(-c4cnc5c6ccccc6c6ccccc6c5n4)c3)cccc12. The van der Waals surface area contributed by atoms with Gasteiger partial charge in [-0.3, -0.25) is 4.98 Å². The average Bonchev–Trinajstić information content (AvgIpc) is 3.34. The fraction of sp³-hybridized carbons (Fsp3) is 0.0286. The summed E-state index contributed by atoms with van der Waals surface area (Å²) in [6.07, 6.45) is 8.13. The number of hydrogen-bond donors (Lipinski definition) is 0. The van der Waals surface area contributed by atoms with E-state index in [2.05, 4.69) is 117 Å². The smallest absolute Gasteiger partial charge is 0.0979 e. The number of rotatable bonds is 4. The Labute approximate surface area is 225 Å². The molecule has 0 unspecified atom stereocenters. The van der Waals surface area contributed by atoms with Crippen LogP contribution in [0.5, 0.6) is 0 Å². The van der Waals surface area contributed by atoms with Crippen molar-refractivity contribution in [2.45, 2.75) is 6.92 Å². The highest BCUT2D eigenvalue weighted by atomic mass is 32.1. The second kappa shape index (κ2) is 9.05. The molecule has 0 fully saturated rings. The van der Waals surface area contributed by atoms with E-state index in [1.807, 2.05) is 23.6 Å². The normalized spacial score (nSPS) is 11.8. The molecular weight excluding hydrogens is 480 g/mol. The second-order valence-electron chi connectivity index (χ2n) is 9.39. The van der Waals surface area contributed by atoms with Crippen molar-refractivity contribution in [3.8, 4) is 22.4 Å². The molecule has 7 aromatic rings. The Bertz CT molecular complexity index is 2030. The third-order valence-electron chi connectivity index (χ3n) is 7.20. The maximum atomic E-state index is 5.19. The summed E-state index contributed by atoms with van der Waals surface area (Å²) in [5.74, 6) is 0. The maximum Gasteiger partial charge on any atom is 0.0979 e. The lowest BCUT2D eigenvalue weighted by Gasteiger charge is -2.11. The molecule has 5 aromatic carbocycles. The van der Waals surface area contributed by atoms with E-state index >= 15 is 0 Å². The maximum absolute atomic E-state index is 5.19. The minimum absolute atomic E-state index is 0.875. The molecule has 0 spiro atoms. The molecule has 2 nitrogen and oxygen atoms in total. The minimum atomic E-state index is 0.875. The van der Waals surface area contributed by atoms with Gasteiger partial charge in [0.15, 0.2) is 0 Å². The molecule has 180 valence electrons. The number of aromatic nitrogens is 2. The van der Waals surface area contributed by atoms with E-state index in [1.54, 1.807) is 0 Å². The Morgan fingerprint density at radius 3 is 2.11 bits per heavy atom. The Morgan fingerprint density at radius 1 is 0.711 bits per heavy atom. The van der Waals surface area contributed by atoms with E-state index in [0.717, 1.165) is 33.1 Å². The first-order valence-corrected chi connectivity index (χ1v) is 13.6. The van der Waals surface area contributed by atoms with Crippen molar-refractivity contribution in [3.63, 3.8) is 0 Å². The lowest BCUT2D eigenvalue weighted by atomic mass is 9.98. The van der Waals surface area contributed by atoms with Gasteiger partial charge in [-0.15, -0.1) is 11.3 Å². The van der Waals surface area contributed by atoms with E-state index < -0.39 is 0 Å². The zero-order chi connectivity index (χ0) is 25.6. The van der Waals surface area contributed by atoms with E-state index in [1.165, 1.54) is 42.4 Å². The average molecular weight is 505 g/mol. The number of allylic oxidation sites excluding steroid dienone is 1. The fourth-order valence-electron chi connectivity index (χ4n) is 5.48. The molecule has 7 rings (SSSR count). The summed E-state index contributed by atoms with van der Waals surface area (Å²) in [7, 11) is 0. The quantitative estimate of drug-likeness (QED) is 0.223. The van der Waals surface area contributed by atoms with Crippen LogP contribution in [-0.4, -0.2) is 9.97 Å². The molecule has 0 aliphatic carbocycles. The Kier molecular flexibility index (Phi) is 5.38. The van der Waals surface area contributed by atoms with Gasteiger partial charge >= 0.3 is 0 Å². The van der Waals surface area contributed by atoms with E-state index in [4.69, 9.17) is 9.97 Å². The van der Waals surface area contributed by atoms with Crippen LogP contribution >= 0.6 is 11.3 Å². The minimum Gasteiger partial charge on any atom is -0.252 e. The van der Waals surface area contributed by atoms with Crippen LogP contribution < -0.4 is 0 Å². The summed E-state index contributed by atoms with van der Waals surface area (Å²) in [6.45, 7) is 6.13. The van der Waals surface area contributed by atoms with Crippen molar-refractivity contribution in [3.05, 3.63) is 120 Å². The highest BCUT2D eigenvalue weighted by Crippen LogP contribution is 2.40. The van der Waals surface area contributed by atoms with Crippen LogP contribution in [0.2, 0.25) is 0 Å². The topological polar surface area (TPSA) is 25.8 Å². The van der Waals surface area contributed by atoms with Crippen LogP contribution in [0.1, 0.15) is 17.4 Å². The largest absolute Gasteiger partial charge is 0.252 e. The molecule has 0 atom stereocenters. The van der Waals surface area contributed by atoms with Gasteiger partial charge in [0.1, 0.15) is 0 Å². The summed E-state index contributed by atoms with van der Waals surface area (Å²) in [4.78, 5) is 11.4. The van der Waals surface area contributed by atoms with Crippen molar-refractivity contribution in [2.24, 2.45) is 0 Å². The molecule has 0 radical (unpaired) electrons. The molecule has 0 aliphatic rings. The van der Waals surface area contributed by atoms with Gasteiger partial charge in [-0.05, 0) is 46.5 Å². The van der Waals surface area contributed by atoms with Crippen LogP contribution in [0.25, 0.3) is 77.2 Å². The molecule has 2 heterocycles. The van der Waals surface area contributed by atoms with Gasteiger partial charge in [0.25, 0.3) is 0 Å². The van der Waals surface area contributed by atoms with Crippen molar-refractivity contribution in [1.29, 1.82) is 0 Å². The Morgan fingerprint density at radius 2 is 1.37 bits per heavy atom. The van der Waals surface area contributed by atoms with Crippen molar-refractivity contribution >= 4 is 66.2 Å². The summed E-state index contributed by atoms with van der Waals surface area (Å²) < 4.78 is 1.27. The lowest BCUT2D eigenvalue weighted by Crippen LogP contribution is -1.92. The first-order chi connectivity index (χ1) is 18.8. The van der Waals surface area contributed by atoms with Crippen LogP contribution in [0.3, 0.4) is 0 Å². The number of nitrogens with zero attached hydrogens (tertiary/aromatic N) is 2. The molecule has 3 heteroatoms. The van der Waals surface area contributed by atoms with E-state index in [-0.39, 0.29) is 0 Å². The molecule has 0 amide bonds. The lowest BCUT2D eigenvalue weighted by molar-refractivity contribution is 1.31. The van der Waals surface area contributed by atoms with Crippen LogP contribution in [0.4, 0.5) is 0 Å². The first-order valence-electron chi connectivity index (χ1n) is 12.7. The van der Waals surface area contributed by atoms with Crippen molar-refractivity contribution in [1.82, 2.24) is 9.97 Å². The molecule has 0 saturated carbocycles. The molecule has 0 N–H and O–H groups in total. The fourth-order valence-corrected chi connectivity index (χ4v) is 6.79. The van der Waals surface area contributed by atoms with Crippen LogP contribution in [0, 0.1) is 0 Å². The summed E-state index contributed by atoms with van der Waals surface area (Å²) in [5, 5.41) is 5.91. The molecule has 0 aliphatic heterocycles. The van der Waals surface area contributed by atoms with Gasteiger partial charge in [-0.1, -0.05) is 104 Å². The van der Waals surface area contributed by atoms with Crippen LogP contribution in [-0.2, 0) is 0 Å². The molecule has 0 bridgehead atoms. The highest BCUT2D eigenvalue weighted by molar-refractivity contribution is 7.20. The highest BCUT2D eigenvalue weighted by Gasteiger charge is 2.15. The summed E-state index contributed by atoms with van der Waals surface area (Å²) >= 11 is 1.81. The number of benzene rings is 5. The standard InChI is InChI=1S/C35H24N2S/c1-3-11-32-24(4-2)30-19-10-18-25(35(30)38-32)22-12-9-13-23(20-22)31-21-36-33-28-16-7-5-14-26(28)27-15-6-8-17-29(27)34(33)37-31/h3-21H,2H2,1H3/b11-3-. The monoisotopic (exact) mass is 504 g/mol. The van der Waals surface area contributed by atoms with Gasteiger partial charge in [-0.2, -0.15) is 0 Å². The van der Waals surface area contributed by atoms with E-state index in [9.17, 15) is 0 Å². The zero-order valence-corrected chi connectivity index (χ0v) is 21.8. The Balaban J connectivity index is 1.43. The molecular formula is C35H24N2S. The molecule has 0 saturated heterocycles. The van der Waals surface area contributed by atoms with Gasteiger partial charge in [-0.25, -0.2) is 4.98 Å². The third kappa shape index (κ3) is 3.47. The zero-order valence-electron chi connectivity index (χ0n) is 21.0. The second-order valence-corrected chi connectivity index (χ2v) is 10.4. The predicted octanol–water partition coefficient (Wildman–Crippen LogP) is 10.2. The van der Waals surface area contributed by atoms with Crippen LogP contribution in [0.15, 0.2) is 110 Å². The third-order valence-corrected chi connectivity index (χ3v) is 8.42. The Hall–Kier alpha value is -4.60. The van der Waals surface area contributed by atoms with Gasteiger partial charge < -0.3 is 0 Å². The number of hydrogen-bond acceptors (Lipinski definition) is 3. The summed E-state index contributed by atoms with van der Waals surface area (Å²) in [5.41, 5.74) is 7.39. The summed E-state index contributed by atoms with van der Waals surface area (Å²) in [6, 6.07) is 32.1. The van der Waals surface area contributed by atoms with Gasteiger partial charge in [0.05, 0.1) is 22.9 Å². The molecule has 38 heavy (non-hydrogen) atoms. The molecule has 2 aromatic heterocycles.